The number of hydrogen-bond donors (Lipinski definition) is 1. The number of aromatic nitrogens is 2. The summed E-state index contributed by atoms with van der Waals surface area (Å²) in [6.07, 6.45) is 0. The molecule has 156 valence electrons. The fourth-order valence-electron chi connectivity index (χ4n) is 3.29. The average molecular weight is 471 g/mol. The molecule has 1 N–H and O–H groups in total. The van der Waals surface area contributed by atoms with Crippen molar-refractivity contribution in [3.63, 3.8) is 0 Å². The zero-order chi connectivity index (χ0) is 22.0. The number of para-hydroxylation sites is 2. The van der Waals surface area contributed by atoms with Crippen LogP contribution in [0.5, 0.6) is 0 Å². The third-order valence-electron chi connectivity index (χ3n) is 5.08. The summed E-state index contributed by atoms with van der Waals surface area (Å²) in [5.74, 6) is -0.600. The molecule has 0 aliphatic rings. The molecule has 0 saturated heterocycles. The number of anilines is 2. The summed E-state index contributed by atoms with van der Waals surface area (Å²) < 4.78 is 2.32. The van der Waals surface area contributed by atoms with E-state index in [1.165, 1.54) is 16.4 Å². The lowest BCUT2D eigenvalue weighted by Crippen LogP contribution is -2.38. The van der Waals surface area contributed by atoms with E-state index in [0.29, 0.717) is 23.3 Å². The van der Waals surface area contributed by atoms with Crippen LogP contribution in [0.4, 0.5) is 11.5 Å². The minimum Gasteiger partial charge on any atom is -0.324 e. The van der Waals surface area contributed by atoms with Gasteiger partial charge in [0.1, 0.15) is 6.54 Å². The molecule has 8 heteroatoms. The van der Waals surface area contributed by atoms with E-state index in [1.54, 1.807) is 31.2 Å². The van der Waals surface area contributed by atoms with Gasteiger partial charge >= 0.3 is 0 Å². The number of rotatable bonds is 5. The maximum atomic E-state index is 13.2. The lowest BCUT2D eigenvalue weighted by atomic mass is 10.1. The fourth-order valence-corrected chi connectivity index (χ4v) is 3.72. The van der Waals surface area contributed by atoms with Crippen LogP contribution in [0.2, 0.25) is 0 Å². The Kier molecular flexibility index (Phi) is 6.36. The van der Waals surface area contributed by atoms with Gasteiger partial charge < -0.3 is 5.32 Å². The van der Waals surface area contributed by atoms with Gasteiger partial charge in [-0.25, -0.2) is 4.98 Å². The zero-order valence-corrected chi connectivity index (χ0v) is 18.9. The number of nitrogens with one attached hydrogen (secondary N) is 1. The lowest BCUT2D eigenvalue weighted by Gasteiger charge is -2.20. The first kappa shape index (κ1) is 21.7. The van der Waals surface area contributed by atoms with Crippen LogP contribution >= 0.6 is 15.9 Å². The molecule has 0 fully saturated rings. The Balaban J connectivity index is 2.04. The Bertz CT molecular complexity index is 1200. The molecule has 2 amide bonds. The van der Waals surface area contributed by atoms with Crippen LogP contribution in [0.15, 0.2) is 45.7 Å². The van der Waals surface area contributed by atoms with Crippen molar-refractivity contribution in [2.75, 3.05) is 16.8 Å². The summed E-state index contributed by atoms with van der Waals surface area (Å²) in [6.45, 7) is 7.15. The average Bonchev–Trinajstić information content (AvgIpc) is 2.71. The van der Waals surface area contributed by atoms with Crippen LogP contribution in [0.1, 0.15) is 25.0 Å². The lowest BCUT2D eigenvalue weighted by molar-refractivity contribution is -0.117. The summed E-state index contributed by atoms with van der Waals surface area (Å²) in [6, 6.07) is 10.8. The van der Waals surface area contributed by atoms with Gasteiger partial charge in [-0.2, -0.15) is 0 Å². The van der Waals surface area contributed by atoms with Crippen molar-refractivity contribution in [2.24, 2.45) is 0 Å². The Morgan fingerprint density at radius 1 is 1.13 bits per heavy atom. The molecule has 3 aromatic rings. The van der Waals surface area contributed by atoms with E-state index in [-0.39, 0.29) is 24.2 Å². The monoisotopic (exact) mass is 470 g/mol. The molecule has 7 nitrogen and oxygen atoms in total. The normalized spacial score (nSPS) is 10.8. The third kappa shape index (κ3) is 4.14. The number of hydrogen-bond acceptors (Lipinski definition) is 4. The van der Waals surface area contributed by atoms with Gasteiger partial charge in [0.05, 0.1) is 11.0 Å². The van der Waals surface area contributed by atoms with Crippen LogP contribution in [0.3, 0.4) is 0 Å². The molecular weight excluding hydrogens is 448 g/mol. The Hall–Kier alpha value is -3.00. The Morgan fingerprint density at radius 3 is 2.50 bits per heavy atom. The van der Waals surface area contributed by atoms with Gasteiger partial charge in [-0.15, -0.1) is 0 Å². The van der Waals surface area contributed by atoms with Crippen molar-refractivity contribution in [1.82, 2.24) is 9.55 Å². The summed E-state index contributed by atoms with van der Waals surface area (Å²) in [4.78, 5) is 43.7. The first-order valence-electron chi connectivity index (χ1n) is 9.57. The van der Waals surface area contributed by atoms with Crippen LogP contribution in [0.25, 0.3) is 11.0 Å². The SMILES string of the molecule is CCN(C(C)=O)c1nc2ccccc2n(CC(=O)Nc2ccc(Br)c(C)c2C)c1=O. The van der Waals surface area contributed by atoms with Crippen molar-refractivity contribution in [3.8, 4) is 0 Å². The van der Waals surface area contributed by atoms with Crippen LogP contribution in [0, 0.1) is 13.8 Å². The highest BCUT2D eigenvalue weighted by Crippen LogP contribution is 2.26. The molecule has 1 heterocycles. The van der Waals surface area contributed by atoms with Crippen molar-refractivity contribution in [2.45, 2.75) is 34.2 Å². The van der Waals surface area contributed by atoms with Gasteiger partial charge in [0.15, 0.2) is 0 Å². The largest absolute Gasteiger partial charge is 0.324 e. The number of amides is 2. The minimum atomic E-state index is -0.482. The van der Waals surface area contributed by atoms with E-state index in [0.717, 1.165) is 15.6 Å². The van der Waals surface area contributed by atoms with E-state index in [9.17, 15) is 14.4 Å². The van der Waals surface area contributed by atoms with Crippen molar-refractivity contribution < 1.29 is 9.59 Å². The van der Waals surface area contributed by atoms with E-state index in [4.69, 9.17) is 0 Å². The number of benzene rings is 2. The second kappa shape index (κ2) is 8.79. The predicted molar refractivity (Wildman–Crippen MR) is 122 cm³/mol. The zero-order valence-electron chi connectivity index (χ0n) is 17.3. The van der Waals surface area contributed by atoms with Crippen LogP contribution in [-0.2, 0) is 16.1 Å². The maximum Gasteiger partial charge on any atom is 0.294 e. The first-order chi connectivity index (χ1) is 14.2. The molecule has 0 bridgehead atoms. The van der Waals surface area contributed by atoms with Gasteiger partial charge in [-0.05, 0) is 56.2 Å². The highest BCUT2D eigenvalue weighted by Gasteiger charge is 2.20. The van der Waals surface area contributed by atoms with Crippen molar-refractivity contribution >= 4 is 50.3 Å². The first-order valence-corrected chi connectivity index (χ1v) is 10.4. The van der Waals surface area contributed by atoms with Gasteiger partial charge in [0.2, 0.25) is 17.6 Å². The van der Waals surface area contributed by atoms with E-state index >= 15 is 0 Å². The summed E-state index contributed by atoms with van der Waals surface area (Å²) in [7, 11) is 0. The highest BCUT2D eigenvalue weighted by molar-refractivity contribution is 9.10. The number of halogens is 1. The quantitative estimate of drug-likeness (QED) is 0.614. The van der Waals surface area contributed by atoms with E-state index in [2.05, 4.69) is 26.2 Å². The van der Waals surface area contributed by atoms with Gasteiger partial charge in [-0.3, -0.25) is 23.9 Å². The van der Waals surface area contributed by atoms with Crippen LogP contribution < -0.4 is 15.8 Å². The van der Waals surface area contributed by atoms with Gasteiger partial charge in [0, 0.05) is 23.6 Å². The van der Waals surface area contributed by atoms with Gasteiger partial charge in [-0.1, -0.05) is 28.1 Å². The second-order valence-electron chi connectivity index (χ2n) is 6.97. The molecule has 2 aromatic carbocycles. The predicted octanol–water partition coefficient (Wildman–Crippen LogP) is 3.79. The summed E-state index contributed by atoms with van der Waals surface area (Å²) in [5, 5.41) is 2.88. The third-order valence-corrected chi connectivity index (χ3v) is 5.94. The molecule has 0 atom stereocenters. The Morgan fingerprint density at radius 2 is 1.83 bits per heavy atom. The molecule has 0 aliphatic carbocycles. The minimum absolute atomic E-state index is 0.0205. The molecule has 3 rings (SSSR count). The summed E-state index contributed by atoms with van der Waals surface area (Å²) in [5.41, 5.74) is 3.25. The topological polar surface area (TPSA) is 84.3 Å². The molecule has 0 radical (unpaired) electrons. The molecule has 0 unspecified atom stereocenters. The van der Waals surface area contributed by atoms with E-state index < -0.39 is 5.56 Å². The number of fused-ring (bicyclic) bond motifs is 1. The highest BCUT2D eigenvalue weighted by atomic mass is 79.9. The molecule has 0 aliphatic heterocycles. The van der Waals surface area contributed by atoms with Gasteiger partial charge in [0.25, 0.3) is 5.56 Å². The molecule has 0 saturated carbocycles. The number of carbonyl (C=O) groups is 2. The second-order valence-corrected chi connectivity index (χ2v) is 7.83. The van der Waals surface area contributed by atoms with Crippen molar-refractivity contribution in [1.29, 1.82) is 0 Å². The summed E-state index contributed by atoms with van der Waals surface area (Å²) >= 11 is 3.48. The van der Waals surface area contributed by atoms with E-state index in [1.807, 2.05) is 26.0 Å². The molecular formula is C22H23BrN4O3. The number of carbonyl (C=O) groups excluding carboxylic acids is 2. The molecule has 0 spiro atoms. The standard InChI is InChI=1S/C22H23BrN4O3/c1-5-26(15(4)28)21-22(30)27(19-9-7-6-8-18(19)25-21)12-20(29)24-17-11-10-16(23)13(2)14(17)3/h6-11H,5,12H2,1-4H3,(H,24,29). The Labute approximate surface area is 182 Å². The molecule has 1 aromatic heterocycles. The molecule has 30 heavy (non-hydrogen) atoms. The maximum absolute atomic E-state index is 13.2. The van der Waals surface area contributed by atoms with Crippen LogP contribution in [-0.4, -0.2) is 27.9 Å². The smallest absolute Gasteiger partial charge is 0.294 e. The van der Waals surface area contributed by atoms with Crippen molar-refractivity contribution in [3.05, 3.63) is 62.4 Å². The fraction of sp³-hybridized carbons (Fsp3) is 0.273. The number of nitrogens with zero attached hydrogens (tertiary/aromatic N) is 3.